The predicted octanol–water partition coefficient (Wildman–Crippen LogP) is 2.61. The number of nitrogens with one attached hydrogen (secondary N) is 2. The highest BCUT2D eigenvalue weighted by Crippen LogP contribution is 2.19. The van der Waals surface area contributed by atoms with E-state index in [4.69, 9.17) is 4.74 Å². The summed E-state index contributed by atoms with van der Waals surface area (Å²) in [7, 11) is 0. The van der Waals surface area contributed by atoms with E-state index in [-0.39, 0.29) is 24.4 Å². The summed E-state index contributed by atoms with van der Waals surface area (Å²) >= 11 is 0. The van der Waals surface area contributed by atoms with Gasteiger partial charge in [0.2, 0.25) is 5.91 Å². The quantitative estimate of drug-likeness (QED) is 0.853. The number of nitrogens with zero attached hydrogens (tertiary/aromatic N) is 1. The number of carbonyl (C=O) groups excluding carboxylic acids is 1. The van der Waals surface area contributed by atoms with Crippen LogP contribution < -0.4 is 10.6 Å². The molecule has 2 aromatic rings. The lowest BCUT2D eigenvalue weighted by atomic mass is 10.2. The van der Waals surface area contributed by atoms with E-state index < -0.39 is 0 Å². The number of aromatic nitrogens is 1. The highest BCUT2D eigenvalue weighted by molar-refractivity contribution is 5.94. The Labute approximate surface area is 142 Å². The van der Waals surface area contributed by atoms with Crippen LogP contribution in [0.25, 0.3) is 5.69 Å². The smallest absolute Gasteiger partial charge is 0.238 e. The third-order valence-corrected chi connectivity index (χ3v) is 3.74. The van der Waals surface area contributed by atoms with Gasteiger partial charge in [0, 0.05) is 25.5 Å². The summed E-state index contributed by atoms with van der Waals surface area (Å²) in [6.45, 7) is 1.86. The summed E-state index contributed by atoms with van der Waals surface area (Å²) in [5.74, 6) is -0.0439. The average molecular weight is 336 g/mol. The van der Waals surface area contributed by atoms with Crippen LogP contribution >= 0.6 is 12.4 Å². The number of benzene rings is 1. The fraction of sp³-hybridized carbons (Fsp3) is 0.353. The van der Waals surface area contributed by atoms with Crippen LogP contribution in [-0.2, 0) is 9.53 Å². The van der Waals surface area contributed by atoms with Gasteiger partial charge in [0.25, 0.3) is 0 Å². The highest BCUT2D eigenvalue weighted by Gasteiger charge is 2.15. The van der Waals surface area contributed by atoms with Crippen molar-refractivity contribution >= 4 is 24.0 Å². The molecule has 124 valence electrons. The van der Waals surface area contributed by atoms with Crippen molar-refractivity contribution in [3.63, 3.8) is 0 Å². The first-order valence-corrected chi connectivity index (χ1v) is 7.67. The monoisotopic (exact) mass is 335 g/mol. The van der Waals surface area contributed by atoms with Crippen LogP contribution in [0.15, 0.2) is 48.8 Å². The molecule has 1 saturated heterocycles. The lowest BCUT2D eigenvalue weighted by Gasteiger charge is -2.13. The second kappa shape index (κ2) is 8.72. The number of hydrogen-bond donors (Lipinski definition) is 2. The molecule has 3 rings (SSSR count). The number of ether oxygens (including phenoxy) is 1. The van der Waals surface area contributed by atoms with Crippen molar-refractivity contribution in [3.05, 3.63) is 48.8 Å². The standard InChI is InChI=1S/C17H21N3O2.ClH/c21-17(13-18-12-14-6-5-11-22-14)19-15-7-1-2-8-16(15)20-9-3-4-10-20;/h1-4,7-10,14,18H,5-6,11-13H2,(H,19,21);1H. The van der Waals surface area contributed by atoms with Crippen LogP contribution in [0.5, 0.6) is 0 Å². The Morgan fingerprint density at radius 2 is 2.00 bits per heavy atom. The molecule has 5 nitrogen and oxygen atoms in total. The summed E-state index contributed by atoms with van der Waals surface area (Å²) in [5, 5.41) is 6.12. The molecule has 1 aromatic heterocycles. The van der Waals surface area contributed by atoms with Crippen molar-refractivity contribution in [1.29, 1.82) is 0 Å². The van der Waals surface area contributed by atoms with Crippen molar-refractivity contribution in [2.45, 2.75) is 18.9 Å². The molecule has 1 unspecified atom stereocenters. The van der Waals surface area contributed by atoms with Gasteiger partial charge in [-0.25, -0.2) is 0 Å². The maximum atomic E-state index is 12.1. The SMILES string of the molecule is Cl.O=C(CNCC1CCCO1)Nc1ccccc1-n1cccc1. The first-order valence-electron chi connectivity index (χ1n) is 7.67. The van der Waals surface area contributed by atoms with E-state index in [0.717, 1.165) is 37.4 Å². The van der Waals surface area contributed by atoms with Gasteiger partial charge < -0.3 is 19.9 Å². The molecule has 6 heteroatoms. The van der Waals surface area contributed by atoms with Crippen molar-refractivity contribution in [1.82, 2.24) is 9.88 Å². The summed E-state index contributed by atoms with van der Waals surface area (Å²) < 4.78 is 7.51. The first-order chi connectivity index (χ1) is 10.8. The molecule has 1 aliphatic rings. The molecule has 0 bridgehead atoms. The fourth-order valence-corrected chi connectivity index (χ4v) is 2.65. The van der Waals surface area contributed by atoms with Crippen molar-refractivity contribution in [3.8, 4) is 5.69 Å². The molecule has 2 heterocycles. The van der Waals surface area contributed by atoms with Gasteiger partial charge in [-0.05, 0) is 37.1 Å². The number of carbonyl (C=O) groups is 1. The van der Waals surface area contributed by atoms with Crippen LogP contribution in [0, 0.1) is 0 Å². The van der Waals surface area contributed by atoms with E-state index in [9.17, 15) is 4.79 Å². The first kappa shape index (κ1) is 17.5. The van der Waals surface area contributed by atoms with E-state index in [1.54, 1.807) is 0 Å². The van der Waals surface area contributed by atoms with Gasteiger partial charge in [0.05, 0.1) is 24.0 Å². The average Bonchev–Trinajstić information content (AvgIpc) is 3.21. The Morgan fingerprint density at radius 1 is 1.22 bits per heavy atom. The molecule has 1 atom stereocenters. The van der Waals surface area contributed by atoms with Gasteiger partial charge in [0.15, 0.2) is 0 Å². The molecule has 1 aromatic carbocycles. The van der Waals surface area contributed by atoms with Crippen LogP contribution in [0.1, 0.15) is 12.8 Å². The predicted molar refractivity (Wildman–Crippen MR) is 93.5 cm³/mol. The molecule has 0 spiro atoms. The van der Waals surface area contributed by atoms with Crippen LogP contribution in [-0.4, -0.2) is 36.3 Å². The van der Waals surface area contributed by atoms with E-state index in [0.29, 0.717) is 6.54 Å². The maximum Gasteiger partial charge on any atom is 0.238 e. The fourth-order valence-electron chi connectivity index (χ4n) is 2.65. The zero-order chi connectivity index (χ0) is 15.2. The van der Waals surface area contributed by atoms with Gasteiger partial charge in [-0.3, -0.25) is 4.79 Å². The topological polar surface area (TPSA) is 55.3 Å². The molecule has 0 aliphatic carbocycles. The minimum atomic E-state index is -0.0439. The molecular weight excluding hydrogens is 314 g/mol. The van der Waals surface area contributed by atoms with E-state index >= 15 is 0 Å². The van der Waals surface area contributed by atoms with Crippen molar-refractivity contribution in [2.24, 2.45) is 0 Å². The van der Waals surface area contributed by atoms with Gasteiger partial charge in [0.1, 0.15) is 0 Å². The Balaban J connectivity index is 0.00000192. The number of para-hydroxylation sites is 2. The third kappa shape index (κ3) is 4.82. The van der Waals surface area contributed by atoms with E-state index in [2.05, 4.69) is 10.6 Å². The molecule has 1 fully saturated rings. The lowest BCUT2D eigenvalue weighted by Crippen LogP contribution is -2.33. The summed E-state index contributed by atoms with van der Waals surface area (Å²) in [5.41, 5.74) is 1.77. The Morgan fingerprint density at radius 3 is 2.74 bits per heavy atom. The normalized spacial score (nSPS) is 16.8. The Kier molecular flexibility index (Phi) is 6.65. The van der Waals surface area contributed by atoms with Crippen molar-refractivity contribution < 1.29 is 9.53 Å². The molecule has 1 amide bonds. The summed E-state index contributed by atoms with van der Waals surface area (Å²) in [6, 6.07) is 11.7. The highest BCUT2D eigenvalue weighted by atomic mass is 35.5. The molecule has 2 N–H and O–H groups in total. The van der Waals surface area contributed by atoms with E-state index in [1.165, 1.54) is 0 Å². The maximum absolute atomic E-state index is 12.1. The van der Waals surface area contributed by atoms with Gasteiger partial charge in [-0.2, -0.15) is 0 Å². The van der Waals surface area contributed by atoms with Crippen LogP contribution in [0.3, 0.4) is 0 Å². The second-order valence-electron chi connectivity index (χ2n) is 5.42. The van der Waals surface area contributed by atoms with Crippen LogP contribution in [0.2, 0.25) is 0 Å². The van der Waals surface area contributed by atoms with Gasteiger partial charge in [-0.15, -0.1) is 12.4 Å². The number of hydrogen-bond acceptors (Lipinski definition) is 3. The number of halogens is 1. The number of anilines is 1. The molecule has 0 saturated carbocycles. The summed E-state index contributed by atoms with van der Waals surface area (Å²) in [4.78, 5) is 12.1. The second-order valence-corrected chi connectivity index (χ2v) is 5.42. The number of rotatable bonds is 6. The Hall–Kier alpha value is -1.82. The van der Waals surface area contributed by atoms with Gasteiger partial charge in [-0.1, -0.05) is 12.1 Å². The zero-order valence-electron chi connectivity index (χ0n) is 12.9. The lowest BCUT2D eigenvalue weighted by molar-refractivity contribution is -0.115. The minimum absolute atomic E-state index is 0. The molecule has 23 heavy (non-hydrogen) atoms. The molecular formula is C17H22ClN3O2. The van der Waals surface area contributed by atoms with E-state index in [1.807, 2.05) is 53.4 Å². The van der Waals surface area contributed by atoms with Crippen LogP contribution in [0.4, 0.5) is 5.69 Å². The third-order valence-electron chi connectivity index (χ3n) is 3.74. The van der Waals surface area contributed by atoms with Crippen molar-refractivity contribution in [2.75, 3.05) is 25.0 Å². The Bertz CT molecular complexity index is 610. The van der Waals surface area contributed by atoms with Gasteiger partial charge >= 0.3 is 0 Å². The molecule has 1 aliphatic heterocycles. The minimum Gasteiger partial charge on any atom is -0.377 e. The summed E-state index contributed by atoms with van der Waals surface area (Å²) in [6.07, 6.45) is 6.36. The zero-order valence-corrected chi connectivity index (χ0v) is 13.7. The largest absolute Gasteiger partial charge is 0.377 e. The number of amides is 1. The molecule has 0 radical (unpaired) electrons.